The summed E-state index contributed by atoms with van der Waals surface area (Å²) in [6.07, 6.45) is 7.28. The molecule has 0 saturated carbocycles. The summed E-state index contributed by atoms with van der Waals surface area (Å²) in [6, 6.07) is 26.8. The van der Waals surface area contributed by atoms with Crippen LogP contribution in [0.5, 0.6) is 0 Å². The molecule has 0 bridgehead atoms. The van der Waals surface area contributed by atoms with Crippen molar-refractivity contribution in [1.29, 1.82) is 0 Å². The SMILES string of the molecule is COCCCN(Cc1cnc(C)n1CCCOCc1ccccc1)C(=O)n1ccc(-c2cccc3ccccc23)c1. The van der Waals surface area contributed by atoms with Gasteiger partial charge in [0.05, 0.1) is 25.0 Å². The van der Waals surface area contributed by atoms with E-state index in [9.17, 15) is 4.79 Å². The molecule has 5 rings (SSSR count). The average molecular weight is 551 g/mol. The lowest BCUT2D eigenvalue weighted by molar-refractivity contribution is 0.115. The number of methoxy groups -OCH3 is 1. The van der Waals surface area contributed by atoms with Crippen molar-refractivity contribution in [2.24, 2.45) is 0 Å². The molecule has 2 heterocycles. The van der Waals surface area contributed by atoms with Gasteiger partial charge in [-0.15, -0.1) is 0 Å². The molecule has 41 heavy (non-hydrogen) atoms. The number of rotatable bonds is 13. The second-order valence-electron chi connectivity index (χ2n) is 10.2. The molecule has 7 nitrogen and oxygen atoms in total. The molecule has 2 aromatic heterocycles. The lowest BCUT2D eigenvalue weighted by atomic mass is 10.0. The number of hydrogen-bond acceptors (Lipinski definition) is 4. The van der Waals surface area contributed by atoms with E-state index >= 15 is 0 Å². The van der Waals surface area contributed by atoms with Crippen molar-refractivity contribution in [1.82, 2.24) is 19.0 Å². The highest BCUT2D eigenvalue weighted by Gasteiger charge is 2.19. The second-order valence-corrected chi connectivity index (χ2v) is 10.2. The molecule has 0 N–H and O–H groups in total. The molecule has 3 aromatic carbocycles. The molecule has 212 valence electrons. The summed E-state index contributed by atoms with van der Waals surface area (Å²) >= 11 is 0. The predicted octanol–water partition coefficient (Wildman–Crippen LogP) is 6.93. The van der Waals surface area contributed by atoms with Crippen LogP contribution in [-0.2, 0) is 29.2 Å². The van der Waals surface area contributed by atoms with E-state index in [1.165, 1.54) is 16.3 Å². The summed E-state index contributed by atoms with van der Waals surface area (Å²) in [5, 5.41) is 2.35. The van der Waals surface area contributed by atoms with Gasteiger partial charge in [0.2, 0.25) is 0 Å². The van der Waals surface area contributed by atoms with Gasteiger partial charge in [-0.3, -0.25) is 4.57 Å². The van der Waals surface area contributed by atoms with Crippen LogP contribution in [0.1, 0.15) is 29.9 Å². The Balaban J connectivity index is 1.27. The van der Waals surface area contributed by atoms with Crippen LogP contribution in [0, 0.1) is 6.92 Å². The van der Waals surface area contributed by atoms with Gasteiger partial charge in [0.1, 0.15) is 5.82 Å². The van der Waals surface area contributed by atoms with Crippen molar-refractivity contribution in [2.45, 2.75) is 39.5 Å². The van der Waals surface area contributed by atoms with Gasteiger partial charge in [-0.1, -0.05) is 72.8 Å². The van der Waals surface area contributed by atoms with Crippen LogP contribution in [0.3, 0.4) is 0 Å². The first-order chi connectivity index (χ1) is 20.1. The van der Waals surface area contributed by atoms with Crippen molar-refractivity contribution in [2.75, 3.05) is 26.9 Å². The minimum Gasteiger partial charge on any atom is -0.385 e. The quantitative estimate of drug-likeness (QED) is 0.149. The number of ether oxygens (including phenoxy) is 2. The Morgan fingerprint density at radius 1 is 0.927 bits per heavy atom. The Kier molecular flexibility index (Phi) is 9.62. The van der Waals surface area contributed by atoms with Gasteiger partial charge in [-0.25, -0.2) is 9.78 Å². The van der Waals surface area contributed by atoms with Crippen LogP contribution in [0.15, 0.2) is 97.5 Å². The number of hydrogen-bond donors (Lipinski definition) is 0. The van der Waals surface area contributed by atoms with Gasteiger partial charge in [0.25, 0.3) is 0 Å². The normalized spacial score (nSPS) is 11.3. The van der Waals surface area contributed by atoms with E-state index in [2.05, 4.69) is 52.0 Å². The molecule has 0 atom stereocenters. The molecule has 0 spiro atoms. The summed E-state index contributed by atoms with van der Waals surface area (Å²) < 4.78 is 15.1. The first-order valence-corrected chi connectivity index (χ1v) is 14.2. The van der Waals surface area contributed by atoms with Gasteiger partial charge < -0.3 is 18.9 Å². The second kappa shape index (κ2) is 13.9. The van der Waals surface area contributed by atoms with Crippen molar-refractivity contribution in [3.05, 3.63) is 115 Å². The fourth-order valence-electron chi connectivity index (χ4n) is 5.19. The number of aromatic nitrogens is 3. The van der Waals surface area contributed by atoms with E-state index in [1.807, 2.05) is 66.8 Å². The van der Waals surface area contributed by atoms with Crippen molar-refractivity contribution in [3.63, 3.8) is 0 Å². The Bertz CT molecular complexity index is 1550. The van der Waals surface area contributed by atoms with Crippen LogP contribution in [-0.4, -0.2) is 51.9 Å². The average Bonchev–Trinajstić information content (AvgIpc) is 3.63. The van der Waals surface area contributed by atoms with Gasteiger partial charge in [0.15, 0.2) is 0 Å². The number of aryl methyl sites for hydroxylation is 1. The van der Waals surface area contributed by atoms with Crippen LogP contribution >= 0.6 is 0 Å². The van der Waals surface area contributed by atoms with Gasteiger partial charge in [-0.2, -0.15) is 0 Å². The van der Waals surface area contributed by atoms with Crippen LogP contribution in [0.2, 0.25) is 0 Å². The van der Waals surface area contributed by atoms with Gasteiger partial charge >= 0.3 is 6.03 Å². The van der Waals surface area contributed by atoms with Gasteiger partial charge in [-0.05, 0) is 47.7 Å². The first kappa shape index (κ1) is 28.3. The number of benzene rings is 3. The summed E-state index contributed by atoms with van der Waals surface area (Å²) in [6.45, 7) is 5.69. The van der Waals surface area contributed by atoms with Crippen LogP contribution in [0.25, 0.3) is 21.9 Å². The summed E-state index contributed by atoms with van der Waals surface area (Å²) in [5.41, 5.74) is 4.32. The fourth-order valence-corrected chi connectivity index (χ4v) is 5.19. The maximum absolute atomic E-state index is 13.8. The molecule has 0 aliphatic heterocycles. The molecule has 1 amide bonds. The van der Waals surface area contributed by atoms with E-state index in [4.69, 9.17) is 9.47 Å². The third-order valence-electron chi connectivity index (χ3n) is 7.33. The molecule has 0 unspecified atom stereocenters. The summed E-state index contributed by atoms with van der Waals surface area (Å²) in [7, 11) is 1.69. The van der Waals surface area contributed by atoms with Gasteiger partial charge in [0, 0.05) is 51.4 Å². The number of amides is 1. The molecular formula is C34H38N4O3. The number of carbonyl (C=O) groups is 1. The highest BCUT2D eigenvalue weighted by Crippen LogP contribution is 2.29. The zero-order chi connectivity index (χ0) is 28.4. The van der Waals surface area contributed by atoms with Crippen molar-refractivity contribution < 1.29 is 14.3 Å². The Hall–Kier alpha value is -4.20. The topological polar surface area (TPSA) is 61.5 Å². The van der Waals surface area contributed by atoms with E-state index in [-0.39, 0.29) is 6.03 Å². The smallest absolute Gasteiger partial charge is 0.328 e. The summed E-state index contributed by atoms with van der Waals surface area (Å²) in [5.74, 6) is 0.937. The molecule has 0 saturated heterocycles. The minimum absolute atomic E-state index is 0.0656. The van der Waals surface area contributed by atoms with Crippen LogP contribution in [0.4, 0.5) is 4.79 Å². The first-order valence-electron chi connectivity index (χ1n) is 14.2. The zero-order valence-corrected chi connectivity index (χ0v) is 23.9. The number of imidazole rings is 1. The van der Waals surface area contributed by atoms with Crippen LogP contribution < -0.4 is 0 Å². The highest BCUT2D eigenvalue weighted by molar-refractivity contribution is 5.97. The molecule has 0 aliphatic carbocycles. The molecular weight excluding hydrogens is 512 g/mol. The standard InChI is InChI=1S/C34H38N4O3/c1-27-35-23-31(38(27)19-10-22-41-26-28-11-4-3-5-12-28)25-36(18-9-21-40-2)34(39)37-20-17-30(24-37)33-16-8-14-29-13-6-7-15-32(29)33/h3-8,11-17,20,23-24H,9-10,18-19,21-22,25-26H2,1-2H3. The Morgan fingerprint density at radius 2 is 1.73 bits per heavy atom. The Morgan fingerprint density at radius 3 is 2.59 bits per heavy atom. The Labute approximate surface area is 242 Å². The largest absolute Gasteiger partial charge is 0.385 e. The maximum atomic E-state index is 13.8. The van der Waals surface area contributed by atoms with E-state index < -0.39 is 0 Å². The number of fused-ring (bicyclic) bond motifs is 1. The number of carbonyl (C=O) groups excluding carboxylic acids is 1. The lowest BCUT2D eigenvalue weighted by Crippen LogP contribution is -2.35. The predicted molar refractivity (Wildman–Crippen MR) is 163 cm³/mol. The molecule has 0 aliphatic rings. The molecule has 7 heteroatoms. The van der Waals surface area contributed by atoms with E-state index in [0.717, 1.165) is 42.0 Å². The zero-order valence-electron chi connectivity index (χ0n) is 23.9. The maximum Gasteiger partial charge on any atom is 0.328 e. The fraction of sp³-hybridized carbons (Fsp3) is 0.294. The third-order valence-corrected chi connectivity index (χ3v) is 7.33. The van der Waals surface area contributed by atoms with E-state index in [1.54, 1.807) is 11.7 Å². The minimum atomic E-state index is -0.0656. The lowest BCUT2D eigenvalue weighted by Gasteiger charge is -2.24. The molecule has 0 fully saturated rings. The summed E-state index contributed by atoms with van der Waals surface area (Å²) in [4.78, 5) is 20.3. The highest BCUT2D eigenvalue weighted by atomic mass is 16.5. The number of nitrogens with zero attached hydrogens (tertiary/aromatic N) is 4. The molecule has 0 radical (unpaired) electrons. The van der Waals surface area contributed by atoms with Crippen molar-refractivity contribution >= 4 is 16.8 Å². The third kappa shape index (κ3) is 7.12. The van der Waals surface area contributed by atoms with E-state index in [0.29, 0.717) is 32.9 Å². The monoisotopic (exact) mass is 550 g/mol. The van der Waals surface area contributed by atoms with Crippen molar-refractivity contribution in [3.8, 4) is 11.1 Å². The molecule has 5 aromatic rings.